The van der Waals surface area contributed by atoms with Gasteiger partial charge in [0, 0.05) is 32.8 Å². The molecule has 0 saturated heterocycles. The van der Waals surface area contributed by atoms with E-state index in [4.69, 9.17) is 21.1 Å². The number of anilines is 3. The third-order valence-corrected chi connectivity index (χ3v) is 7.05. The highest BCUT2D eigenvalue weighted by atomic mass is 35.5. The highest BCUT2D eigenvalue weighted by Crippen LogP contribution is 2.28. The van der Waals surface area contributed by atoms with Crippen molar-refractivity contribution in [1.29, 1.82) is 0 Å². The van der Waals surface area contributed by atoms with E-state index in [1.54, 1.807) is 54.6 Å². The number of halogens is 1. The quantitative estimate of drug-likeness (QED) is 0.109. The van der Waals surface area contributed by atoms with E-state index in [1.807, 2.05) is 47.8 Å². The van der Waals surface area contributed by atoms with E-state index in [2.05, 4.69) is 26.1 Å². The Bertz CT molecular complexity index is 1740. The monoisotopic (exact) mass is 611 g/mol. The van der Waals surface area contributed by atoms with Gasteiger partial charge in [0.2, 0.25) is 0 Å². The summed E-state index contributed by atoms with van der Waals surface area (Å²) in [5.41, 5.74) is 6.60. The van der Waals surface area contributed by atoms with E-state index in [-0.39, 0.29) is 12.5 Å². The molecule has 0 radical (unpaired) electrons. The predicted molar refractivity (Wildman–Crippen MR) is 171 cm³/mol. The standard InChI is InChI=1S/C32H26ClN5O4S/c1-41-29-10-6-5-9-26(29)36-30(39)19-42-28-16-15-24(33)17-23(28)18-34-38-31(40)22-13-11-21(12-14-22)27-20-43-32(37-27)35-25-7-3-2-4-8-25/h2-18,20H,19H2,1H3,(H,35,37)(H,36,39)(H,38,40)/b34-18+. The Morgan fingerprint density at radius 1 is 0.953 bits per heavy atom. The maximum Gasteiger partial charge on any atom is 0.271 e. The van der Waals surface area contributed by atoms with Gasteiger partial charge in [-0.1, -0.05) is 54.1 Å². The van der Waals surface area contributed by atoms with Crippen molar-refractivity contribution >= 4 is 57.5 Å². The highest BCUT2D eigenvalue weighted by Gasteiger charge is 2.11. The molecule has 0 saturated carbocycles. The third-order valence-electron chi connectivity index (χ3n) is 6.05. The molecule has 0 fully saturated rings. The number of methoxy groups -OCH3 is 1. The average molecular weight is 612 g/mol. The summed E-state index contributed by atoms with van der Waals surface area (Å²) in [5.74, 6) is 0.133. The van der Waals surface area contributed by atoms with Crippen LogP contribution in [-0.2, 0) is 4.79 Å². The molecule has 2 amide bonds. The van der Waals surface area contributed by atoms with E-state index in [0.29, 0.717) is 33.3 Å². The minimum atomic E-state index is -0.395. The van der Waals surface area contributed by atoms with Crippen molar-refractivity contribution in [3.8, 4) is 22.8 Å². The zero-order chi connectivity index (χ0) is 30.0. The molecule has 0 atom stereocenters. The number of amides is 2. The molecule has 0 bridgehead atoms. The smallest absolute Gasteiger partial charge is 0.271 e. The molecule has 0 unspecified atom stereocenters. The first-order chi connectivity index (χ1) is 21.0. The fourth-order valence-corrected chi connectivity index (χ4v) is 4.88. The summed E-state index contributed by atoms with van der Waals surface area (Å²) < 4.78 is 11.0. The molecular formula is C32H26ClN5O4S. The molecule has 5 rings (SSSR count). The number of nitrogens with one attached hydrogen (secondary N) is 3. The molecule has 0 aliphatic rings. The molecule has 11 heteroatoms. The lowest BCUT2D eigenvalue weighted by Gasteiger charge is -2.12. The molecule has 0 spiro atoms. The van der Waals surface area contributed by atoms with E-state index in [1.165, 1.54) is 24.7 Å². The number of ether oxygens (including phenoxy) is 2. The molecular weight excluding hydrogens is 586 g/mol. The Morgan fingerprint density at radius 2 is 1.72 bits per heavy atom. The summed E-state index contributed by atoms with van der Waals surface area (Å²) in [4.78, 5) is 29.8. The van der Waals surface area contributed by atoms with Crippen LogP contribution in [-0.4, -0.2) is 36.7 Å². The molecule has 9 nitrogen and oxygen atoms in total. The largest absolute Gasteiger partial charge is 0.495 e. The Morgan fingerprint density at radius 3 is 2.51 bits per heavy atom. The van der Waals surface area contributed by atoms with Crippen LogP contribution in [0.15, 0.2) is 108 Å². The number of nitrogens with zero attached hydrogens (tertiary/aromatic N) is 2. The lowest BCUT2D eigenvalue weighted by Crippen LogP contribution is -2.21. The molecule has 4 aromatic carbocycles. The van der Waals surface area contributed by atoms with E-state index in [9.17, 15) is 9.59 Å². The van der Waals surface area contributed by atoms with Gasteiger partial charge in [-0.25, -0.2) is 10.4 Å². The van der Waals surface area contributed by atoms with Gasteiger partial charge in [-0.05, 0) is 54.6 Å². The van der Waals surface area contributed by atoms with Crippen LogP contribution in [0.2, 0.25) is 5.02 Å². The summed E-state index contributed by atoms with van der Waals surface area (Å²) in [6, 6.07) is 28.8. The van der Waals surface area contributed by atoms with Crippen LogP contribution in [0.4, 0.5) is 16.5 Å². The number of rotatable bonds is 11. The number of hydrazone groups is 1. The van der Waals surface area contributed by atoms with Gasteiger partial charge < -0.3 is 20.1 Å². The lowest BCUT2D eigenvalue weighted by atomic mass is 10.1. The first-order valence-electron chi connectivity index (χ1n) is 13.0. The number of hydrogen-bond donors (Lipinski definition) is 3. The van der Waals surface area contributed by atoms with E-state index < -0.39 is 5.91 Å². The predicted octanol–water partition coefficient (Wildman–Crippen LogP) is 7.00. The number of thiazole rings is 1. The minimum Gasteiger partial charge on any atom is -0.495 e. The fraction of sp³-hybridized carbons (Fsp3) is 0.0625. The summed E-state index contributed by atoms with van der Waals surface area (Å²) in [7, 11) is 1.53. The van der Waals surface area contributed by atoms with Gasteiger partial charge in [-0.15, -0.1) is 11.3 Å². The number of hydrogen-bond acceptors (Lipinski definition) is 8. The second-order valence-corrected chi connectivity index (χ2v) is 10.3. The number of carbonyl (C=O) groups excluding carboxylic acids is 2. The second kappa shape index (κ2) is 14.1. The van der Waals surface area contributed by atoms with Crippen LogP contribution in [0.1, 0.15) is 15.9 Å². The van der Waals surface area contributed by atoms with Crippen molar-refractivity contribution < 1.29 is 19.1 Å². The molecule has 1 aromatic heterocycles. The molecule has 216 valence electrons. The minimum absolute atomic E-state index is 0.262. The Labute approximate surface area is 257 Å². The molecule has 0 aliphatic carbocycles. The van der Waals surface area contributed by atoms with E-state index >= 15 is 0 Å². The maximum atomic E-state index is 12.7. The molecule has 1 heterocycles. The summed E-state index contributed by atoms with van der Waals surface area (Å²) in [6.45, 7) is -0.262. The van der Waals surface area contributed by atoms with E-state index in [0.717, 1.165) is 22.1 Å². The van der Waals surface area contributed by atoms with Gasteiger partial charge in [0.05, 0.1) is 24.7 Å². The first kappa shape index (κ1) is 29.3. The topological polar surface area (TPSA) is 114 Å². The van der Waals surface area contributed by atoms with Gasteiger partial charge in [0.15, 0.2) is 11.7 Å². The maximum absolute atomic E-state index is 12.7. The van der Waals surface area contributed by atoms with Gasteiger partial charge in [0.25, 0.3) is 11.8 Å². The molecule has 5 aromatic rings. The summed E-state index contributed by atoms with van der Waals surface area (Å²) in [5, 5.41) is 13.3. The van der Waals surface area contributed by atoms with Gasteiger partial charge in [-0.3, -0.25) is 9.59 Å². The van der Waals surface area contributed by atoms with Crippen LogP contribution in [0, 0.1) is 0 Å². The van der Waals surface area contributed by atoms with Crippen LogP contribution in [0.3, 0.4) is 0 Å². The zero-order valence-corrected chi connectivity index (χ0v) is 24.5. The first-order valence-corrected chi connectivity index (χ1v) is 14.3. The lowest BCUT2D eigenvalue weighted by molar-refractivity contribution is -0.118. The van der Waals surface area contributed by atoms with Crippen molar-refractivity contribution in [2.24, 2.45) is 5.10 Å². The van der Waals surface area contributed by atoms with Crippen molar-refractivity contribution in [2.75, 3.05) is 24.4 Å². The van der Waals surface area contributed by atoms with Crippen molar-refractivity contribution in [3.05, 3.63) is 119 Å². The van der Waals surface area contributed by atoms with Crippen molar-refractivity contribution in [2.45, 2.75) is 0 Å². The molecule has 3 N–H and O–H groups in total. The van der Waals surface area contributed by atoms with Crippen LogP contribution in [0.25, 0.3) is 11.3 Å². The van der Waals surface area contributed by atoms with Crippen LogP contribution < -0.4 is 25.5 Å². The van der Waals surface area contributed by atoms with Crippen molar-refractivity contribution in [1.82, 2.24) is 10.4 Å². The van der Waals surface area contributed by atoms with Gasteiger partial charge >= 0.3 is 0 Å². The zero-order valence-electron chi connectivity index (χ0n) is 22.9. The summed E-state index contributed by atoms with van der Waals surface area (Å²) >= 11 is 7.66. The molecule has 43 heavy (non-hydrogen) atoms. The summed E-state index contributed by atoms with van der Waals surface area (Å²) in [6.07, 6.45) is 1.40. The van der Waals surface area contributed by atoms with Crippen molar-refractivity contribution in [3.63, 3.8) is 0 Å². The SMILES string of the molecule is COc1ccccc1NC(=O)COc1ccc(Cl)cc1/C=N/NC(=O)c1ccc(-c2csc(Nc3ccccc3)n2)cc1. The highest BCUT2D eigenvalue weighted by molar-refractivity contribution is 7.14. The number of aromatic nitrogens is 1. The van der Waals surface area contributed by atoms with Gasteiger partial charge in [-0.2, -0.15) is 5.10 Å². The Kier molecular flexibility index (Phi) is 9.63. The number of benzene rings is 4. The molecule has 0 aliphatic heterocycles. The second-order valence-electron chi connectivity index (χ2n) is 9.02. The third kappa shape index (κ3) is 7.97. The van der Waals surface area contributed by atoms with Crippen LogP contribution in [0.5, 0.6) is 11.5 Å². The Balaban J connectivity index is 1.17. The normalized spacial score (nSPS) is 10.7. The fourth-order valence-electron chi connectivity index (χ4n) is 3.96. The van der Waals surface area contributed by atoms with Crippen LogP contribution >= 0.6 is 22.9 Å². The van der Waals surface area contributed by atoms with Gasteiger partial charge in [0.1, 0.15) is 11.5 Å². The number of carbonyl (C=O) groups is 2. The average Bonchev–Trinajstić information content (AvgIpc) is 3.50. The Hall–Kier alpha value is -5.19. The number of para-hydroxylation sites is 3.